The molecule has 0 radical (unpaired) electrons. The van der Waals surface area contributed by atoms with Crippen LogP contribution in [0.5, 0.6) is 0 Å². The second kappa shape index (κ2) is 6.84. The van der Waals surface area contributed by atoms with Crippen molar-refractivity contribution in [3.63, 3.8) is 0 Å². The van der Waals surface area contributed by atoms with Gasteiger partial charge in [0.25, 0.3) is 11.5 Å². The van der Waals surface area contributed by atoms with Crippen LogP contribution in [0.1, 0.15) is 47.6 Å². The monoisotopic (exact) mass is 320 g/mol. The molecule has 1 saturated carbocycles. The summed E-state index contributed by atoms with van der Waals surface area (Å²) in [6.07, 6.45) is 4.48. The number of ether oxygens (including phenoxy) is 1. The summed E-state index contributed by atoms with van der Waals surface area (Å²) < 4.78 is 6.96. The maximum atomic E-state index is 12.9. The van der Waals surface area contributed by atoms with Crippen molar-refractivity contribution >= 4 is 5.91 Å². The lowest BCUT2D eigenvalue weighted by Crippen LogP contribution is -2.44. The maximum absolute atomic E-state index is 12.9. The SMILES string of the molecule is Cc1ccn(C2CCC(O)CC2)c(=O)c1C(=O)N1CCOCC1. The molecule has 0 aromatic carbocycles. The molecule has 0 spiro atoms. The molecule has 6 nitrogen and oxygen atoms in total. The number of hydrogen-bond donors (Lipinski definition) is 1. The number of rotatable bonds is 2. The van der Waals surface area contributed by atoms with Crippen molar-refractivity contribution in [3.8, 4) is 0 Å². The number of nitrogens with zero attached hydrogens (tertiary/aromatic N) is 2. The van der Waals surface area contributed by atoms with Crippen molar-refractivity contribution < 1.29 is 14.6 Å². The zero-order chi connectivity index (χ0) is 16.4. The smallest absolute Gasteiger partial charge is 0.263 e. The quantitative estimate of drug-likeness (QED) is 0.886. The first-order valence-corrected chi connectivity index (χ1v) is 8.34. The molecule has 2 fully saturated rings. The predicted octanol–water partition coefficient (Wildman–Crippen LogP) is 1.11. The molecule has 1 amide bonds. The molecule has 23 heavy (non-hydrogen) atoms. The molecule has 1 aliphatic carbocycles. The van der Waals surface area contributed by atoms with Crippen LogP contribution >= 0.6 is 0 Å². The van der Waals surface area contributed by atoms with E-state index in [4.69, 9.17) is 4.74 Å². The lowest BCUT2D eigenvalue weighted by Gasteiger charge is -2.29. The van der Waals surface area contributed by atoms with Gasteiger partial charge in [0.2, 0.25) is 0 Å². The van der Waals surface area contributed by atoms with Gasteiger partial charge in [-0.05, 0) is 44.2 Å². The van der Waals surface area contributed by atoms with Crippen LogP contribution in [-0.4, -0.2) is 52.9 Å². The Kier molecular flexibility index (Phi) is 4.82. The molecule has 1 aromatic rings. The van der Waals surface area contributed by atoms with Gasteiger partial charge in [-0.2, -0.15) is 0 Å². The summed E-state index contributed by atoms with van der Waals surface area (Å²) in [5.41, 5.74) is 0.794. The third kappa shape index (κ3) is 3.33. The average molecular weight is 320 g/mol. The van der Waals surface area contributed by atoms with Crippen LogP contribution in [0.2, 0.25) is 0 Å². The maximum Gasteiger partial charge on any atom is 0.263 e. The molecule has 126 valence electrons. The number of amides is 1. The summed E-state index contributed by atoms with van der Waals surface area (Å²) in [6.45, 7) is 3.91. The first kappa shape index (κ1) is 16.2. The number of aliphatic hydroxyl groups is 1. The van der Waals surface area contributed by atoms with E-state index in [1.54, 1.807) is 15.7 Å². The largest absolute Gasteiger partial charge is 0.393 e. The molecule has 0 atom stereocenters. The average Bonchev–Trinajstić information content (AvgIpc) is 2.57. The summed E-state index contributed by atoms with van der Waals surface area (Å²) >= 11 is 0. The van der Waals surface area contributed by atoms with Gasteiger partial charge >= 0.3 is 0 Å². The first-order chi connectivity index (χ1) is 11.1. The summed E-state index contributed by atoms with van der Waals surface area (Å²) in [5, 5.41) is 9.64. The second-order valence-electron chi connectivity index (χ2n) is 6.45. The minimum Gasteiger partial charge on any atom is -0.393 e. The van der Waals surface area contributed by atoms with Gasteiger partial charge in [0.05, 0.1) is 19.3 Å². The number of morpholine rings is 1. The molecule has 1 aliphatic heterocycles. The molecule has 2 aliphatic rings. The Labute approximate surface area is 135 Å². The number of carbonyl (C=O) groups is 1. The van der Waals surface area contributed by atoms with Crippen LogP contribution in [-0.2, 0) is 4.74 Å². The molecule has 0 bridgehead atoms. The van der Waals surface area contributed by atoms with Crippen molar-refractivity contribution in [1.29, 1.82) is 0 Å². The van der Waals surface area contributed by atoms with Crippen LogP contribution in [0.15, 0.2) is 17.1 Å². The van der Waals surface area contributed by atoms with Crippen molar-refractivity contribution in [1.82, 2.24) is 9.47 Å². The zero-order valence-electron chi connectivity index (χ0n) is 13.5. The lowest BCUT2D eigenvalue weighted by molar-refractivity contribution is 0.0300. The van der Waals surface area contributed by atoms with E-state index in [1.165, 1.54) is 0 Å². The summed E-state index contributed by atoms with van der Waals surface area (Å²) in [6, 6.07) is 1.92. The molecule has 1 aromatic heterocycles. The third-order valence-corrected chi connectivity index (χ3v) is 4.90. The van der Waals surface area contributed by atoms with Gasteiger partial charge in [-0.3, -0.25) is 9.59 Å². The first-order valence-electron chi connectivity index (χ1n) is 8.34. The van der Waals surface area contributed by atoms with Gasteiger partial charge in [0.15, 0.2) is 0 Å². The van der Waals surface area contributed by atoms with E-state index in [2.05, 4.69) is 0 Å². The van der Waals surface area contributed by atoms with Crippen molar-refractivity contribution in [2.75, 3.05) is 26.3 Å². The number of aliphatic hydroxyl groups excluding tert-OH is 1. The lowest BCUT2D eigenvalue weighted by atomic mass is 9.92. The van der Waals surface area contributed by atoms with Crippen LogP contribution in [0.3, 0.4) is 0 Å². The molecule has 0 unspecified atom stereocenters. The molecular formula is C17H24N2O4. The Morgan fingerprint density at radius 2 is 1.87 bits per heavy atom. The Bertz CT molecular complexity index is 626. The summed E-state index contributed by atoms with van der Waals surface area (Å²) in [5.74, 6) is -0.194. The number of pyridine rings is 1. The van der Waals surface area contributed by atoms with E-state index in [-0.39, 0.29) is 29.2 Å². The predicted molar refractivity (Wildman–Crippen MR) is 85.7 cm³/mol. The topological polar surface area (TPSA) is 71.8 Å². The fourth-order valence-electron chi connectivity index (χ4n) is 3.45. The zero-order valence-corrected chi connectivity index (χ0v) is 13.5. The van der Waals surface area contributed by atoms with Crippen molar-refractivity contribution in [3.05, 3.63) is 33.7 Å². The Morgan fingerprint density at radius 1 is 1.22 bits per heavy atom. The van der Waals surface area contributed by atoms with Crippen LogP contribution in [0.4, 0.5) is 0 Å². The Hall–Kier alpha value is -1.66. The minimum atomic E-state index is -0.262. The second-order valence-corrected chi connectivity index (χ2v) is 6.45. The van der Waals surface area contributed by atoms with Gasteiger partial charge in [0.1, 0.15) is 5.56 Å². The molecule has 2 heterocycles. The fourth-order valence-corrected chi connectivity index (χ4v) is 3.45. The Balaban J connectivity index is 1.89. The highest BCUT2D eigenvalue weighted by molar-refractivity contribution is 5.95. The molecule has 1 N–H and O–H groups in total. The summed E-state index contributed by atoms with van der Waals surface area (Å²) in [4.78, 5) is 27.3. The number of aryl methyl sites for hydroxylation is 1. The van der Waals surface area contributed by atoms with Crippen molar-refractivity contribution in [2.45, 2.75) is 44.8 Å². The minimum absolute atomic E-state index is 0.0720. The van der Waals surface area contributed by atoms with E-state index in [0.29, 0.717) is 39.1 Å². The van der Waals surface area contributed by atoms with E-state index < -0.39 is 0 Å². The normalized spacial score (nSPS) is 25.4. The fraction of sp³-hybridized carbons (Fsp3) is 0.647. The van der Waals surface area contributed by atoms with Crippen LogP contribution in [0.25, 0.3) is 0 Å². The standard InChI is InChI=1S/C17H24N2O4/c1-12-6-7-19(13-2-4-14(20)5-3-13)17(22)15(12)16(21)18-8-10-23-11-9-18/h6-7,13-14,20H,2-5,8-11H2,1H3. The number of hydrogen-bond acceptors (Lipinski definition) is 4. The van der Waals surface area contributed by atoms with Crippen LogP contribution < -0.4 is 5.56 Å². The molecule has 3 rings (SSSR count). The number of carbonyl (C=O) groups excluding carboxylic acids is 1. The van der Waals surface area contributed by atoms with E-state index >= 15 is 0 Å². The van der Waals surface area contributed by atoms with Gasteiger partial charge in [-0.25, -0.2) is 0 Å². The van der Waals surface area contributed by atoms with Gasteiger partial charge in [-0.1, -0.05) is 0 Å². The highest BCUT2D eigenvalue weighted by Crippen LogP contribution is 2.27. The van der Waals surface area contributed by atoms with E-state index in [9.17, 15) is 14.7 Å². The molecule has 6 heteroatoms. The highest BCUT2D eigenvalue weighted by Gasteiger charge is 2.27. The van der Waals surface area contributed by atoms with Crippen molar-refractivity contribution in [2.24, 2.45) is 0 Å². The van der Waals surface area contributed by atoms with Gasteiger partial charge in [-0.15, -0.1) is 0 Å². The van der Waals surface area contributed by atoms with Crippen LogP contribution in [0, 0.1) is 6.92 Å². The Morgan fingerprint density at radius 3 is 2.52 bits per heavy atom. The van der Waals surface area contributed by atoms with E-state index in [0.717, 1.165) is 18.4 Å². The van der Waals surface area contributed by atoms with Gasteiger partial charge in [0, 0.05) is 25.3 Å². The number of aromatic nitrogens is 1. The van der Waals surface area contributed by atoms with Gasteiger partial charge < -0.3 is 19.3 Å². The highest BCUT2D eigenvalue weighted by atomic mass is 16.5. The summed E-state index contributed by atoms with van der Waals surface area (Å²) in [7, 11) is 0. The molecule has 1 saturated heterocycles. The molecular weight excluding hydrogens is 296 g/mol. The third-order valence-electron chi connectivity index (χ3n) is 4.90. The van der Waals surface area contributed by atoms with E-state index in [1.807, 2.05) is 13.0 Å².